The molecule has 0 bridgehead atoms. The number of para-hydroxylation sites is 1. The molecule has 4 N–H and O–H groups in total. The lowest BCUT2D eigenvalue weighted by Gasteiger charge is -2.36. The zero-order valence-corrected chi connectivity index (χ0v) is 15.9. The minimum atomic E-state index is -0.512. The fourth-order valence-corrected chi connectivity index (χ4v) is 4.40. The molecule has 0 saturated heterocycles. The molecular weight excluding hydrogens is 360 g/mol. The van der Waals surface area contributed by atoms with Gasteiger partial charge in [0.1, 0.15) is 0 Å². The van der Waals surface area contributed by atoms with Crippen LogP contribution < -0.4 is 16.3 Å². The van der Waals surface area contributed by atoms with Crippen molar-refractivity contribution in [3.8, 4) is 0 Å². The number of nitrogens with zero attached hydrogens (tertiary/aromatic N) is 1. The van der Waals surface area contributed by atoms with Crippen LogP contribution in [-0.4, -0.2) is 45.2 Å². The molecule has 2 fully saturated rings. The number of aromatic amines is 1. The highest BCUT2D eigenvalue weighted by Gasteiger charge is 2.36. The van der Waals surface area contributed by atoms with Crippen molar-refractivity contribution < 1.29 is 14.7 Å². The largest absolute Gasteiger partial charge is 0.392 e. The number of hydrogen-bond acceptors (Lipinski definition) is 4. The number of aryl methyl sites for hydroxylation is 1. The number of amides is 2. The second-order valence-corrected chi connectivity index (χ2v) is 8.05. The summed E-state index contributed by atoms with van der Waals surface area (Å²) in [7, 11) is 1.64. The molecule has 2 amide bonds. The number of carbonyl (C=O) groups is 2. The molecule has 2 saturated carbocycles. The van der Waals surface area contributed by atoms with E-state index in [1.54, 1.807) is 25.2 Å². The molecule has 2 aromatic rings. The van der Waals surface area contributed by atoms with Crippen molar-refractivity contribution in [1.29, 1.82) is 0 Å². The number of hydrogen-bond donors (Lipinski definition) is 4. The molecule has 4 rings (SSSR count). The number of aliphatic hydroxyl groups is 1. The van der Waals surface area contributed by atoms with Gasteiger partial charge >= 0.3 is 5.69 Å². The van der Waals surface area contributed by atoms with E-state index in [9.17, 15) is 19.5 Å². The summed E-state index contributed by atoms with van der Waals surface area (Å²) in [6, 6.07) is 5.35. The molecule has 8 heteroatoms. The van der Waals surface area contributed by atoms with Crippen LogP contribution in [0.3, 0.4) is 0 Å². The van der Waals surface area contributed by atoms with E-state index in [0.29, 0.717) is 35.5 Å². The Bertz CT molecular complexity index is 957. The van der Waals surface area contributed by atoms with E-state index in [1.165, 1.54) is 4.57 Å². The van der Waals surface area contributed by atoms with Gasteiger partial charge in [-0.25, -0.2) is 4.79 Å². The van der Waals surface area contributed by atoms with Crippen molar-refractivity contribution in [2.75, 3.05) is 6.54 Å². The molecule has 1 aromatic heterocycles. The van der Waals surface area contributed by atoms with Gasteiger partial charge in [-0.2, -0.15) is 0 Å². The maximum absolute atomic E-state index is 12.6. The number of fused-ring (bicyclic) bond motifs is 1. The molecule has 8 nitrogen and oxygen atoms in total. The molecule has 0 aliphatic heterocycles. The van der Waals surface area contributed by atoms with Crippen LogP contribution in [0, 0.1) is 11.8 Å². The van der Waals surface area contributed by atoms with Crippen molar-refractivity contribution >= 4 is 22.8 Å². The standard InChI is InChI=1S/C20H26N4O4/c1-24-17-14(5-2-6-15(17)23-20(24)28)18(26)21-10-11-8-12(9-11)22-19(27)13-4-3-7-16(13)25/h2,5-6,11-13,16,25H,3-4,7-10H2,1H3,(H,21,26)(H,22,27)(H,23,28). The number of benzene rings is 1. The molecule has 2 atom stereocenters. The van der Waals surface area contributed by atoms with E-state index in [0.717, 1.165) is 25.7 Å². The molecule has 28 heavy (non-hydrogen) atoms. The zero-order chi connectivity index (χ0) is 19.8. The van der Waals surface area contributed by atoms with Crippen molar-refractivity contribution in [3.63, 3.8) is 0 Å². The van der Waals surface area contributed by atoms with Crippen molar-refractivity contribution in [2.24, 2.45) is 18.9 Å². The summed E-state index contributed by atoms with van der Waals surface area (Å²) in [5, 5.41) is 15.8. The third-order valence-electron chi connectivity index (χ3n) is 6.11. The smallest absolute Gasteiger partial charge is 0.326 e. The quantitative estimate of drug-likeness (QED) is 0.604. The van der Waals surface area contributed by atoms with E-state index < -0.39 is 6.10 Å². The average molecular weight is 386 g/mol. The van der Waals surface area contributed by atoms with Crippen LogP contribution in [0.2, 0.25) is 0 Å². The van der Waals surface area contributed by atoms with Gasteiger partial charge in [0.05, 0.1) is 28.6 Å². The summed E-state index contributed by atoms with van der Waals surface area (Å²) in [5.41, 5.74) is 1.46. The fourth-order valence-electron chi connectivity index (χ4n) is 4.40. The molecule has 0 spiro atoms. The summed E-state index contributed by atoms with van der Waals surface area (Å²) in [6.07, 6.45) is 3.49. The number of aromatic nitrogens is 2. The fraction of sp³-hybridized carbons (Fsp3) is 0.550. The molecule has 2 aliphatic carbocycles. The predicted molar refractivity (Wildman–Crippen MR) is 104 cm³/mol. The SMILES string of the molecule is Cn1c(=O)[nH]c2cccc(C(=O)NCC3CC(NC(=O)C4CCCC4O)C3)c21. The number of H-pyrrole nitrogens is 1. The van der Waals surface area contributed by atoms with Crippen LogP contribution in [-0.2, 0) is 11.8 Å². The Morgan fingerprint density at radius 1 is 1.29 bits per heavy atom. The maximum Gasteiger partial charge on any atom is 0.326 e. The lowest BCUT2D eigenvalue weighted by atomic mass is 9.80. The van der Waals surface area contributed by atoms with Gasteiger partial charge in [0.2, 0.25) is 5.91 Å². The van der Waals surface area contributed by atoms with Gasteiger partial charge in [0, 0.05) is 19.6 Å². The van der Waals surface area contributed by atoms with Gasteiger partial charge in [0.15, 0.2) is 0 Å². The molecule has 0 radical (unpaired) electrons. The van der Waals surface area contributed by atoms with Gasteiger partial charge in [-0.15, -0.1) is 0 Å². The third kappa shape index (κ3) is 3.44. The highest BCUT2D eigenvalue weighted by atomic mass is 16.3. The van der Waals surface area contributed by atoms with E-state index in [4.69, 9.17) is 0 Å². The molecule has 150 valence electrons. The monoisotopic (exact) mass is 386 g/mol. The lowest BCUT2D eigenvalue weighted by molar-refractivity contribution is -0.129. The number of carbonyl (C=O) groups excluding carboxylic acids is 2. The van der Waals surface area contributed by atoms with Crippen LogP contribution in [0.5, 0.6) is 0 Å². The summed E-state index contributed by atoms with van der Waals surface area (Å²) >= 11 is 0. The Balaban J connectivity index is 1.28. The van der Waals surface area contributed by atoms with Gasteiger partial charge in [-0.3, -0.25) is 14.2 Å². The normalized spacial score (nSPS) is 26.8. The van der Waals surface area contributed by atoms with Gasteiger partial charge in [-0.05, 0) is 50.2 Å². The second kappa shape index (κ2) is 7.43. The zero-order valence-electron chi connectivity index (χ0n) is 15.9. The highest BCUT2D eigenvalue weighted by Crippen LogP contribution is 2.30. The molecule has 1 heterocycles. The van der Waals surface area contributed by atoms with Crippen molar-refractivity contribution in [2.45, 2.75) is 44.2 Å². The number of imidazole rings is 1. The second-order valence-electron chi connectivity index (χ2n) is 8.05. The first-order valence-corrected chi connectivity index (χ1v) is 9.88. The summed E-state index contributed by atoms with van der Waals surface area (Å²) in [5.74, 6) is -0.205. The van der Waals surface area contributed by atoms with E-state index in [-0.39, 0.29) is 29.5 Å². The number of nitrogens with one attached hydrogen (secondary N) is 3. The first kappa shape index (κ1) is 18.7. The summed E-state index contributed by atoms with van der Waals surface area (Å²) < 4.78 is 1.44. The Morgan fingerprint density at radius 2 is 2.07 bits per heavy atom. The molecule has 2 aliphatic rings. The Labute approximate surface area is 162 Å². The topological polar surface area (TPSA) is 116 Å². The minimum Gasteiger partial charge on any atom is -0.392 e. The average Bonchev–Trinajstić information content (AvgIpc) is 3.19. The summed E-state index contributed by atoms with van der Waals surface area (Å²) in [6.45, 7) is 0.534. The van der Waals surface area contributed by atoms with Crippen molar-refractivity contribution in [3.05, 3.63) is 34.2 Å². The van der Waals surface area contributed by atoms with Crippen LogP contribution in [0.25, 0.3) is 11.0 Å². The predicted octanol–water partition coefficient (Wildman–Crippen LogP) is 0.652. The highest BCUT2D eigenvalue weighted by molar-refractivity contribution is 6.05. The third-order valence-corrected chi connectivity index (χ3v) is 6.11. The van der Waals surface area contributed by atoms with E-state index >= 15 is 0 Å². The van der Waals surface area contributed by atoms with Gasteiger partial charge < -0.3 is 20.7 Å². The minimum absolute atomic E-state index is 0.0439. The van der Waals surface area contributed by atoms with Crippen molar-refractivity contribution in [1.82, 2.24) is 20.2 Å². The van der Waals surface area contributed by atoms with E-state index in [2.05, 4.69) is 15.6 Å². The van der Waals surface area contributed by atoms with Gasteiger partial charge in [-0.1, -0.05) is 6.07 Å². The lowest BCUT2D eigenvalue weighted by Crippen LogP contribution is -2.50. The summed E-state index contributed by atoms with van der Waals surface area (Å²) in [4.78, 5) is 39.3. The first-order chi connectivity index (χ1) is 13.4. The maximum atomic E-state index is 12.6. The Morgan fingerprint density at radius 3 is 2.79 bits per heavy atom. The molecular formula is C20H26N4O4. The van der Waals surface area contributed by atoms with Crippen LogP contribution in [0.4, 0.5) is 0 Å². The number of aliphatic hydroxyl groups excluding tert-OH is 1. The van der Waals surface area contributed by atoms with Crippen LogP contribution in [0.1, 0.15) is 42.5 Å². The van der Waals surface area contributed by atoms with Crippen LogP contribution >= 0.6 is 0 Å². The molecule has 1 aromatic carbocycles. The Kier molecular flexibility index (Phi) is 4.97. The Hall–Kier alpha value is -2.61. The molecule has 2 unspecified atom stereocenters. The van der Waals surface area contributed by atoms with Crippen LogP contribution in [0.15, 0.2) is 23.0 Å². The van der Waals surface area contributed by atoms with Gasteiger partial charge in [0.25, 0.3) is 5.91 Å². The number of rotatable bonds is 5. The first-order valence-electron chi connectivity index (χ1n) is 9.88. The van der Waals surface area contributed by atoms with E-state index in [1.807, 2.05) is 0 Å².